The summed E-state index contributed by atoms with van der Waals surface area (Å²) in [6.45, 7) is 3.59. The van der Waals surface area contributed by atoms with Gasteiger partial charge in [-0.25, -0.2) is 9.36 Å². The first kappa shape index (κ1) is 29.7. The van der Waals surface area contributed by atoms with Crippen LogP contribution in [0.15, 0.2) is 91.3 Å². The van der Waals surface area contributed by atoms with E-state index in [9.17, 15) is 9.59 Å². The number of rotatable bonds is 11. The van der Waals surface area contributed by atoms with Crippen LogP contribution in [0.4, 0.5) is 10.5 Å². The molecule has 39 heavy (non-hydrogen) atoms. The minimum atomic E-state index is -0.574. The lowest BCUT2D eigenvalue weighted by Crippen LogP contribution is -3.00. The largest absolute Gasteiger partial charge is 1.00 e. The third-order valence-corrected chi connectivity index (χ3v) is 6.06. The molecule has 0 radical (unpaired) electrons. The van der Waals surface area contributed by atoms with Crippen LogP contribution in [-0.4, -0.2) is 38.3 Å². The van der Waals surface area contributed by atoms with E-state index >= 15 is 0 Å². The van der Waals surface area contributed by atoms with Crippen LogP contribution in [0.3, 0.4) is 0 Å². The Bertz CT molecular complexity index is 1380. The van der Waals surface area contributed by atoms with Gasteiger partial charge in [-0.3, -0.25) is 4.79 Å². The molecule has 1 N–H and O–H groups in total. The van der Waals surface area contributed by atoms with Gasteiger partial charge in [0.2, 0.25) is 0 Å². The maximum Gasteiger partial charge on any atom is 0.407 e. The van der Waals surface area contributed by atoms with Crippen molar-refractivity contribution in [2.45, 2.75) is 19.9 Å². The van der Waals surface area contributed by atoms with Crippen molar-refractivity contribution in [3.63, 3.8) is 0 Å². The van der Waals surface area contributed by atoms with E-state index in [-0.39, 0.29) is 38.0 Å². The second kappa shape index (κ2) is 15.0. The van der Waals surface area contributed by atoms with Crippen molar-refractivity contribution in [3.8, 4) is 5.75 Å². The van der Waals surface area contributed by atoms with Crippen LogP contribution in [0.5, 0.6) is 5.75 Å². The van der Waals surface area contributed by atoms with E-state index in [1.807, 2.05) is 77.4 Å². The number of hydrogen-bond donors (Lipinski definition) is 1. The van der Waals surface area contributed by atoms with Crippen LogP contribution < -0.4 is 31.9 Å². The van der Waals surface area contributed by atoms with Crippen molar-refractivity contribution in [1.82, 2.24) is 5.32 Å². The fraction of sp³-hybridized carbons (Fsp3) is 0.233. The van der Waals surface area contributed by atoms with Gasteiger partial charge in [0, 0.05) is 17.5 Å². The van der Waals surface area contributed by atoms with Crippen molar-refractivity contribution in [2.24, 2.45) is 0 Å². The fourth-order valence-electron chi connectivity index (χ4n) is 4.13. The Balaban J connectivity index is 0.00000420. The van der Waals surface area contributed by atoms with Crippen LogP contribution in [0.25, 0.3) is 10.8 Å². The van der Waals surface area contributed by atoms with Gasteiger partial charge in [-0.05, 0) is 29.7 Å². The van der Waals surface area contributed by atoms with E-state index in [0.717, 1.165) is 29.5 Å². The molecule has 0 bridgehead atoms. The van der Waals surface area contributed by atoms with E-state index in [1.54, 1.807) is 23.4 Å². The lowest BCUT2D eigenvalue weighted by atomic mass is 10.1. The van der Waals surface area contributed by atoms with Crippen LogP contribution in [0, 0.1) is 0 Å². The first-order valence-corrected chi connectivity index (χ1v) is 13.0. The number of carbonyl (C=O) groups is 2. The first-order chi connectivity index (χ1) is 18.5. The van der Waals surface area contributed by atoms with E-state index in [2.05, 4.69) is 12.2 Å². The number of ether oxygens (including phenoxy) is 2. The Kier molecular flexibility index (Phi) is 11.4. The molecular weight excluding hydrogens is 537 g/mol. The Morgan fingerprint density at radius 3 is 2.49 bits per heavy atom. The molecule has 204 valence electrons. The Morgan fingerprint density at radius 1 is 0.949 bits per heavy atom. The van der Waals surface area contributed by atoms with Gasteiger partial charge in [0.25, 0.3) is 5.91 Å². The smallest absolute Gasteiger partial charge is 0.407 e. The van der Waals surface area contributed by atoms with Crippen LogP contribution in [0.1, 0.15) is 23.7 Å². The molecule has 0 atom stereocenters. The minimum absolute atomic E-state index is 0. The number of nitrogens with zero attached hydrogens (tertiary/aromatic N) is 2. The molecule has 0 saturated carbocycles. The van der Waals surface area contributed by atoms with Crippen LogP contribution >= 0.6 is 11.6 Å². The van der Waals surface area contributed by atoms with Gasteiger partial charge in [0.15, 0.2) is 12.4 Å². The summed E-state index contributed by atoms with van der Waals surface area (Å²) in [5.74, 6) is 0.535. The summed E-state index contributed by atoms with van der Waals surface area (Å²) in [6.07, 6.45) is 3.93. The van der Waals surface area contributed by atoms with E-state index in [4.69, 9.17) is 21.1 Å². The van der Waals surface area contributed by atoms with E-state index in [1.165, 1.54) is 0 Å². The highest BCUT2D eigenvalue weighted by Gasteiger charge is 2.21. The monoisotopic (exact) mass is 567 g/mol. The molecule has 0 fully saturated rings. The van der Waals surface area contributed by atoms with Gasteiger partial charge in [-0.15, -0.1) is 0 Å². The zero-order valence-corrected chi connectivity index (χ0v) is 23.2. The molecule has 0 aliphatic carbocycles. The second-order valence-corrected chi connectivity index (χ2v) is 9.10. The predicted octanol–water partition coefficient (Wildman–Crippen LogP) is 2.65. The molecule has 7 nitrogen and oxygen atoms in total. The average molecular weight is 569 g/mol. The summed E-state index contributed by atoms with van der Waals surface area (Å²) in [4.78, 5) is 27.3. The molecule has 0 saturated heterocycles. The number of anilines is 1. The standard InChI is InChI=1S/C30H30ClN3O4.ClH/c1-2-16-33-21-24(20-25(31)22-33)29(35)34(26-11-4-3-5-12-26)17-19-38-30(36)32-15-18-37-28-14-8-10-23-9-6-7-13-27(23)28;/h3-14,20-22H,2,15-19H2,1H3;1H. The van der Waals surface area contributed by atoms with Crippen LogP contribution in [-0.2, 0) is 11.3 Å². The molecule has 1 aromatic heterocycles. The summed E-state index contributed by atoms with van der Waals surface area (Å²) < 4.78 is 13.1. The topological polar surface area (TPSA) is 71.8 Å². The van der Waals surface area contributed by atoms with Crippen molar-refractivity contribution < 1.29 is 36.0 Å². The number of halogens is 2. The predicted molar refractivity (Wildman–Crippen MR) is 149 cm³/mol. The summed E-state index contributed by atoms with van der Waals surface area (Å²) in [7, 11) is 0. The number of hydrogen-bond acceptors (Lipinski definition) is 4. The summed E-state index contributed by atoms with van der Waals surface area (Å²) >= 11 is 6.28. The molecule has 3 aromatic carbocycles. The molecule has 9 heteroatoms. The molecule has 0 spiro atoms. The van der Waals surface area contributed by atoms with Crippen molar-refractivity contribution in [3.05, 3.63) is 102 Å². The van der Waals surface area contributed by atoms with Crippen LogP contribution in [0.2, 0.25) is 5.02 Å². The molecule has 1 heterocycles. The maximum absolute atomic E-state index is 13.4. The lowest BCUT2D eigenvalue weighted by molar-refractivity contribution is -0.697. The summed E-state index contributed by atoms with van der Waals surface area (Å²) in [5.41, 5.74) is 1.16. The van der Waals surface area contributed by atoms with Crippen molar-refractivity contribution >= 4 is 40.1 Å². The number of fused-ring (bicyclic) bond motifs is 1. The number of amides is 2. The second-order valence-electron chi connectivity index (χ2n) is 8.66. The molecule has 0 aliphatic heterocycles. The fourth-order valence-corrected chi connectivity index (χ4v) is 4.37. The number of carbonyl (C=O) groups excluding carboxylic acids is 2. The zero-order chi connectivity index (χ0) is 26.7. The third kappa shape index (κ3) is 8.34. The number of nitrogens with one attached hydrogen (secondary N) is 1. The Morgan fingerprint density at radius 2 is 1.69 bits per heavy atom. The van der Waals surface area contributed by atoms with Gasteiger partial charge in [0.05, 0.1) is 13.1 Å². The van der Waals surface area contributed by atoms with Crippen molar-refractivity contribution in [2.75, 3.05) is 31.2 Å². The zero-order valence-electron chi connectivity index (χ0n) is 21.7. The molecule has 4 aromatic rings. The number of benzene rings is 3. The van der Waals surface area contributed by atoms with Gasteiger partial charge in [-0.1, -0.05) is 73.1 Å². The highest BCUT2D eigenvalue weighted by molar-refractivity contribution is 6.30. The van der Waals surface area contributed by atoms with E-state index < -0.39 is 6.09 Å². The van der Waals surface area contributed by atoms with E-state index in [0.29, 0.717) is 22.9 Å². The quantitative estimate of drug-likeness (QED) is 0.223. The highest BCUT2D eigenvalue weighted by atomic mass is 35.5. The van der Waals surface area contributed by atoms with Gasteiger partial charge in [0.1, 0.15) is 36.1 Å². The normalized spacial score (nSPS) is 10.4. The van der Waals surface area contributed by atoms with Gasteiger partial charge in [-0.2, -0.15) is 0 Å². The van der Waals surface area contributed by atoms with Crippen molar-refractivity contribution in [1.29, 1.82) is 0 Å². The molecular formula is C30H31Cl2N3O4. The number of alkyl carbamates (subject to hydrolysis) is 1. The number of aryl methyl sites for hydroxylation is 1. The molecule has 4 rings (SSSR count). The highest BCUT2D eigenvalue weighted by Crippen LogP contribution is 2.25. The first-order valence-electron chi connectivity index (χ1n) is 12.6. The average Bonchev–Trinajstić information content (AvgIpc) is 2.93. The maximum atomic E-state index is 13.4. The summed E-state index contributed by atoms with van der Waals surface area (Å²) in [6, 6.07) is 24.7. The SMILES string of the molecule is CCC[n+]1cc(Cl)cc(C(=O)N(CCOC(=O)NCCOc2cccc3ccccc23)c2ccccc2)c1.[Cl-]. The van der Waals surface area contributed by atoms with Gasteiger partial charge >= 0.3 is 6.09 Å². The Hall–Kier alpha value is -3.81. The third-order valence-electron chi connectivity index (χ3n) is 5.86. The number of aromatic nitrogens is 1. The Labute approximate surface area is 239 Å². The lowest BCUT2D eigenvalue weighted by Gasteiger charge is -2.22. The molecule has 0 aliphatic rings. The molecule has 2 amide bonds. The minimum Gasteiger partial charge on any atom is -1.00 e. The summed E-state index contributed by atoms with van der Waals surface area (Å²) in [5, 5.41) is 5.29. The number of para-hydroxylation sites is 1. The number of pyridine rings is 1. The molecule has 0 unspecified atom stereocenters. The van der Waals surface area contributed by atoms with Gasteiger partial charge < -0.3 is 32.1 Å².